The SMILES string of the molecule is CC(C)(C)OC(=O)N1CCC(n2cccc2C(=O)NCC(=O)Nc2ccccc2)CC1. The van der Waals surface area contributed by atoms with E-state index in [2.05, 4.69) is 10.6 Å². The van der Waals surface area contributed by atoms with Gasteiger partial charge in [-0.2, -0.15) is 0 Å². The molecule has 1 aliphatic heterocycles. The number of likely N-dealkylation sites (tertiary alicyclic amines) is 1. The van der Waals surface area contributed by atoms with Crippen LogP contribution < -0.4 is 10.6 Å². The summed E-state index contributed by atoms with van der Waals surface area (Å²) < 4.78 is 7.37. The summed E-state index contributed by atoms with van der Waals surface area (Å²) in [6.07, 6.45) is 3.01. The van der Waals surface area contributed by atoms with E-state index in [1.54, 1.807) is 23.1 Å². The third kappa shape index (κ3) is 6.34. The summed E-state index contributed by atoms with van der Waals surface area (Å²) in [5.74, 6) is -0.592. The molecule has 1 aliphatic rings. The number of para-hydroxylation sites is 1. The molecule has 3 amide bonds. The number of benzene rings is 1. The fourth-order valence-corrected chi connectivity index (χ4v) is 3.54. The molecule has 1 aromatic carbocycles. The molecule has 0 aliphatic carbocycles. The van der Waals surface area contributed by atoms with Gasteiger partial charge in [-0.05, 0) is 57.9 Å². The van der Waals surface area contributed by atoms with Gasteiger partial charge in [0.25, 0.3) is 5.91 Å². The van der Waals surface area contributed by atoms with Crippen molar-refractivity contribution < 1.29 is 19.1 Å². The Bertz CT molecular complexity index is 909. The van der Waals surface area contributed by atoms with Crippen molar-refractivity contribution in [2.75, 3.05) is 25.0 Å². The van der Waals surface area contributed by atoms with Crippen LogP contribution in [0, 0.1) is 0 Å². The topological polar surface area (TPSA) is 92.7 Å². The van der Waals surface area contributed by atoms with Crippen molar-refractivity contribution in [3.63, 3.8) is 0 Å². The van der Waals surface area contributed by atoms with Crippen LogP contribution in [0.4, 0.5) is 10.5 Å². The molecule has 3 rings (SSSR count). The Morgan fingerprint density at radius 1 is 1.03 bits per heavy atom. The normalized spacial score (nSPS) is 14.7. The lowest BCUT2D eigenvalue weighted by Gasteiger charge is -2.34. The average Bonchev–Trinajstić information content (AvgIpc) is 3.21. The first-order valence-corrected chi connectivity index (χ1v) is 10.5. The van der Waals surface area contributed by atoms with E-state index in [4.69, 9.17) is 4.74 Å². The van der Waals surface area contributed by atoms with E-state index in [9.17, 15) is 14.4 Å². The van der Waals surface area contributed by atoms with Gasteiger partial charge in [-0.15, -0.1) is 0 Å². The minimum Gasteiger partial charge on any atom is -0.444 e. The quantitative estimate of drug-likeness (QED) is 0.766. The van der Waals surface area contributed by atoms with E-state index in [-0.39, 0.29) is 30.5 Å². The Kier molecular flexibility index (Phi) is 6.99. The van der Waals surface area contributed by atoms with Gasteiger partial charge in [0, 0.05) is 31.0 Å². The summed E-state index contributed by atoms with van der Waals surface area (Å²) in [5, 5.41) is 5.42. The number of nitrogens with one attached hydrogen (secondary N) is 2. The Labute approximate surface area is 182 Å². The van der Waals surface area contributed by atoms with Crippen LogP contribution in [0.3, 0.4) is 0 Å². The number of hydrogen-bond donors (Lipinski definition) is 2. The monoisotopic (exact) mass is 426 g/mol. The predicted molar refractivity (Wildman–Crippen MR) is 118 cm³/mol. The van der Waals surface area contributed by atoms with Gasteiger partial charge < -0.3 is 24.8 Å². The number of aromatic nitrogens is 1. The van der Waals surface area contributed by atoms with Gasteiger partial charge in [-0.3, -0.25) is 9.59 Å². The number of carbonyl (C=O) groups is 3. The maximum atomic E-state index is 12.7. The van der Waals surface area contributed by atoms with Crippen molar-refractivity contribution in [2.24, 2.45) is 0 Å². The number of carbonyl (C=O) groups excluding carboxylic acids is 3. The second-order valence-electron chi connectivity index (χ2n) is 8.60. The zero-order chi connectivity index (χ0) is 22.4. The van der Waals surface area contributed by atoms with Crippen molar-refractivity contribution >= 4 is 23.6 Å². The smallest absolute Gasteiger partial charge is 0.410 e. The summed E-state index contributed by atoms with van der Waals surface area (Å²) >= 11 is 0. The van der Waals surface area contributed by atoms with Crippen molar-refractivity contribution in [3.8, 4) is 0 Å². The summed E-state index contributed by atoms with van der Waals surface area (Å²) in [5.41, 5.74) is 0.664. The second-order valence-corrected chi connectivity index (χ2v) is 8.60. The van der Waals surface area contributed by atoms with Gasteiger partial charge in [0.05, 0.1) is 6.54 Å². The molecule has 1 saturated heterocycles. The lowest BCUT2D eigenvalue weighted by atomic mass is 10.0. The molecule has 1 fully saturated rings. The Morgan fingerprint density at radius 3 is 2.35 bits per heavy atom. The molecule has 2 aromatic rings. The van der Waals surface area contributed by atoms with Crippen molar-refractivity contribution in [1.29, 1.82) is 0 Å². The number of hydrogen-bond acceptors (Lipinski definition) is 4. The summed E-state index contributed by atoms with van der Waals surface area (Å²) in [6, 6.07) is 12.8. The third-order valence-electron chi connectivity index (χ3n) is 4.99. The minimum absolute atomic E-state index is 0.104. The van der Waals surface area contributed by atoms with Gasteiger partial charge in [0.1, 0.15) is 11.3 Å². The second kappa shape index (κ2) is 9.68. The predicted octanol–water partition coefficient (Wildman–Crippen LogP) is 3.43. The molecular weight excluding hydrogens is 396 g/mol. The number of anilines is 1. The zero-order valence-electron chi connectivity index (χ0n) is 18.3. The van der Waals surface area contributed by atoms with Crippen LogP contribution >= 0.6 is 0 Å². The summed E-state index contributed by atoms with van der Waals surface area (Å²) in [4.78, 5) is 38.7. The molecule has 0 atom stereocenters. The fourth-order valence-electron chi connectivity index (χ4n) is 3.54. The first-order chi connectivity index (χ1) is 14.7. The number of rotatable bonds is 5. The van der Waals surface area contributed by atoms with Crippen LogP contribution in [-0.2, 0) is 9.53 Å². The van der Waals surface area contributed by atoms with Crippen LogP contribution in [0.25, 0.3) is 0 Å². The zero-order valence-corrected chi connectivity index (χ0v) is 18.3. The molecule has 0 unspecified atom stereocenters. The largest absolute Gasteiger partial charge is 0.444 e. The van der Waals surface area contributed by atoms with E-state index < -0.39 is 5.60 Å². The van der Waals surface area contributed by atoms with Crippen LogP contribution in [0.15, 0.2) is 48.7 Å². The van der Waals surface area contributed by atoms with Crippen molar-refractivity contribution in [3.05, 3.63) is 54.4 Å². The molecule has 31 heavy (non-hydrogen) atoms. The standard InChI is InChI=1S/C23H30N4O4/c1-23(2,3)31-22(30)26-14-11-18(12-15-26)27-13-7-10-19(27)21(29)24-16-20(28)25-17-8-5-4-6-9-17/h4-10,13,18H,11-12,14-16H2,1-3H3,(H,24,29)(H,25,28). The van der Waals surface area contributed by atoms with Gasteiger partial charge in [-0.1, -0.05) is 18.2 Å². The van der Waals surface area contributed by atoms with Gasteiger partial charge in [0.2, 0.25) is 5.91 Å². The highest BCUT2D eigenvalue weighted by atomic mass is 16.6. The van der Waals surface area contributed by atoms with Crippen LogP contribution in [-0.4, -0.2) is 52.6 Å². The summed E-state index contributed by atoms with van der Waals surface area (Å²) in [7, 11) is 0. The van der Waals surface area contributed by atoms with E-state index in [1.807, 2.05) is 55.8 Å². The molecule has 8 heteroatoms. The number of piperidine rings is 1. The Hall–Kier alpha value is -3.29. The molecule has 0 saturated carbocycles. The molecule has 2 N–H and O–H groups in total. The number of nitrogens with zero attached hydrogens (tertiary/aromatic N) is 2. The number of ether oxygens (including phenoxy) is 1. The molecule has 0 radical (unpaired) electrons. The maximum Gasteiger partial charge on any atom is 0.410 e. The molecule has 1 aromatic heterocycles. The maximum absolute atomic E-state index is 12.7. The van der Waals surface area contributed by atoms with Crippen molar-refractivity contribution in [2.45, 2.75) is 45.3 Å². The van der Waals surface area contributed by atoms with Gasteiger partial charge in [0.15, 0.2) is 0 Å². The molecule has 8 nitrogen and oxygen atoms in total. The van der Waals surface area contributed by atoms with Crippen LogP contribution in [0.1, 0.15) is 50.1 Å². The third-order valence-corrected chi connectivity index (χ3v) is 4.99. The highest BCUT2D eigenvalue weighted by molar-refractivity contribution is 5.98. The Morgan fingerprint density at radius 2 is 1.71 bits per heavy atom. The van der Waals surface area contributed by atoms with Crippen LogP contribution in [0.5, 0.6) is 0 Å². The van der Waals surface area contributed by atoms with Crippen LogP contribution in [0.2, 0.25) is 0 Å². The van der Waals surface area contributed by atoms with Gasteiger partial charge >= 0.3 is 6.09 Å². The molecule has 2 heterocycles. The van der Waals surface area contributed by atoms with E-state index >= 15 is 0 Å². The lowest BCUT2D eigenvalue weighted by molar-refractivity contribution is -0.115. The highest BCUT2D eigenvalue weighted by Crippen LogP contribution is 2.25. The first kappa shape index (κ1) is 22.4. The van der Waals surface area contributed by atoms with E-state index in [1.165, 1.54) is 0 Å². The van der Waals surface area contributed by atoms with Crippen molar-refractivity contribution in [1.82, 2.24) is 14.8 Å². The molecule has 166 valence electrons. The molecular formula is C23H30N4O4. The molecule has 0 spiro atoms. The average molecular weight is 427 g/mol. The van der Waals surface area contributed by atoms with E-state index in [0.717, 1.165) is 12.8 Å². The summed E-state index contributed by atoms with van der Waals surface area (Å²) in [6.45, 7) is 6.57. The molecule has 0 bridgehead atoms. The lowest BCUT2D eigenvalue weighted by Crippen LogP contribution is -2.42. The Balaban J connectivity index is 1.52. The highest BCUT2D eigenvalue weighted by Gasteiger charge is 2.28. The minimum atomic E-state index is -0.521. The van der Waals surface area contributed by atoms with Gasteiger partial charge in [-0.25, -0.2) is 4.79 Å². The van der Waals surface area contributed by atoms with E-state index in [0.29, 0.717) is 24.5 Å². The number of amides is 3. The fraction of sp³-hybridized carbons (Fsp3) is 0.435. The first-order valence-electron chi connectivity index (χ1n) is 10.5.